The normalized spacial score (nSPS) is 14.1. The first-order valence-electron chi connectivity index (χ1n) is 5.20. The van der Waals surface area contributed by atoms with Gasteiger partial charge in [0.1, 0.15) is 0 Å². The Balaban J connectivity index is 3.96. The van der Waals surface area contributed by atoms with Crippen molar-refractivity contribution < 1.29 is 0 Å². The average Bonchev–Trinajstić information content (AvgIpc) is 1.95. The molecule has 86 valence electrons. The summed E-state index contributed by atoms with van der Waals surface area (Å²) in [5, 5.41) is 0. The van der Waals surface area contributed by atoms with Crippen molar-refractivity contribution in [3.63, 3.8) is 0 Å². The van der Waals surface area contributed by atoms with Gasteiger partial charge in [0.2, 0.25) is 0 Å². The van der Waals surface area contributed by atoms with Crippen molar-refractivity contribution in [2.75, 3.05) is 27.2 Å². The third-order valence-corrected chi connectivity index (χ3v) is 3.19. The van der Waals surface area contributed by atoms with E-state index >= 15 is 0 Å². The molecule has 14 heavy (non-hydrogen) atoms. The summed E-state index contributed by atoms with van der Waals surface area (Å²) < 4.78 is 0. The summed E-state index contributed by atoms with van der Waals surface area (Å²) in [5.41, 5.74) is 0.252. The summed E-state index contributed by atoms with van der Waals surface area (Å²) in [5.74, 6) is 0. The fourth-order valence-corrected chi connectivity index (χ4v) is 1.01. The largest absolute Gasteiger partial charge is 0.300 e. The van der Waals surface area contributed by atoms with Gasteiger partial charge in [-0.3, -0.25) is 4.90 Å². The lowest BCUT2D eigenvalue weighted by Gasteiger charge is -2.36. The molecule has 0 aliphatic rings. The van der Waals surface area contributed by atoms with Crippen molar-refractivity contribution in [3.8, 4) is 0 Å². The van der Waals surface area contributed by atoms with Gasteiger partial charge in [-0.15, -0.1) is 0 Å². The van der Waals surface area contributed by atoms with Crippen LogP contribution in [0.1, 0.15) is 34.6 Å². The van der Waals surface area contributed by atoms with E-state index in [1.807, 2.05) is 0 Å². The first kappa shape index (κ1) is 14.3. The second kappa shape index (κ2) is 4.86. The molecule has 0 aliphatic carbocycles. The monoisotopic (exact) mass is 218 g/mol. The van der Waals surface area contributed by atoms with Crippen LogP contribution in [0.3, 0.4) is 0 Å². The highest BCUT2D eigenvalue weighted by molar-refractivity contribution is 7.81. The maximum atomic E-state index is 4.53. The van der Waals surface area contributed by atoms with Crippen LogP contribution in [0.5, 0.6) is 0 Å². The fraction of sp³-hybridized carbons (Fsp3) is 1.00. The molecule has 0 heterocycles. The molecule has 0 unspecified atom stereocenters. The summed E-state index contributed by atoms with van der Waals surface area (Å²) in [7, 11) is 4.28. The standard InChI is InChI=1S/C11H26N2S/c1-10(2,3)12(6)8-9-13(7)11(4,5)14/h14H,8-9H2,1-7H3. The number of rotatable bonds is 4. The predicted molar refractivity (Wildman–Crippen MR) is 68.1 cm³/mol. The molecular formula is C11H26N2S. The lowest BCUT2D eigenvalue weighted by atomic mass is 10.1. The minimum absolute atomic E-state index is 0.0290. The molecule has 2 nitrogen and oxygen atoms in total. The molecule has 0 N–H and O–H groups in total. The number of nitrogens with zero attached hydrogens (tertiary/aromatic N) is 2. The Morgan fingerprint density at radius 2 is 1.21 bits per heavy atom. The minimum atomic E-state index is -0.0290. The smallest absolute Gasteiger partial charge is 0.0581 e. The van der Waals surface area contributed by atoms with E-state index in [2.05, 4.69) is 71.1 Å². The molecule has 0 aromatic rings. The summed E-state index contributed by atoms with van der Waals surface area (Å²) >= 11 is 4.53. The van der Waals surface area contributed by atoms with E-state index in [0.29, 0.717) is 0 Å². The van der Waals surface area contributed by atoms with Gasteiger partial charge in [0.25, 0.3) is 0 Å². The van der Waals surface area contributed by atoms with Gasteiger partial charge in [0.05, 0.1) is 4.87 Å². The SMILES string of the molecule is CN(CCN(C)C(C)(C)S)C(C)(C)C. The van der Waals surface area contributed by atoms with Crippen LogP contribution < -0.4 is 0 Å². The van der Waals surface area contributed by atoms with E-state index in [9.17, 15) is 0 Å². The third-order valence-electron chi connectivity index (χ3n) is 2.85. The van der Waals surface area contributed by atoms with Crippen LogP contribution in [0.4, 0.5) is 0 Å². The van der Waals surface area contributed by atoms with Gasteiger partial charge in [-0.05, 0) is 48.7 Å². The summed E-state index contributed by atoms with van der Waals surface area (Å²) in [4.78, 5) is 4.60. The number of hydrogen-bond donors (Lipinski definition) is 1. The highest BCUT2D eigenvalue weighted by atomic mass is 32.1. The molecule has 0 saturated carbocycles. The highest BCUT2D eigenvalue weighted by Gasteiger charge is 2.21. The highest BCUT2D eigenvalue weighted by Crippen LogP contribution is 2.17. The van der Waals surface area contributed by atoms with Crippen LogP contribution in [0.15, 0.2) is 0 Å². The molecule has 0 saturated heterocycles. The van der Waals surface area contributed by atoms with Crippen LogP contribution in [0.2, 0.25) is 0 Å². The Kier molecular flexibility index (Phi) is 4.96. The summed E-state index contributed by atoms with van der Waals surface area (Å²) in [6.07, 6.45) is 0. The second-order valence-corrected chi connectivity index (χ2v) is 6.60. The number of thiol groups is 1. The maximum absolute atomic E-state index is 4.53. The first-order valence-corrected chi connectivity index (χ1v) is 5.64. The van der Waals surface area contributed by atoms with E-state index in [0.717, 1.165) is 13.1 Å². The van der Waals surface area contributed by atoms with Crippen molar-refractivity contribution in [2.24, 2.45) is 0 Å². The van der Waals surface area contributed by atoms with Gasteiger partial charge in [-0.1, -0.05) is 0 Å². The van der Waals surface area contributed by atoms with E-state index in [4.69, 9.17) is 0 Å². The topological polar surface area (TPSA) is 6.48 Å². The molecule has 0 aromatic heterocycles. The van der Waals surface area contributed by atoms with Gasteiger partial charge < -0.3 is 4.90 Å². The minimum Gasteiger partial charge on any atom is -0.300 e. The van der Waals surface area contributed by atoms with Gasteiger partial charge in [-0.2, -0.15) is 12.6 Å². The predicted octanol–water partition coefficient (Wildman–Crippen LogP) is 2.31. The number of hydrogen-bond acceptors (Lipinski definition) is 3. The zero-order valence-electron chi connectivity index (χ0n) is 10.8. The summed E-state index contributed by atoms with van der Waals surface area (Å²) in [6.45, 7) is 13.1. The molecule has 0 rings (SSSR count). The van der Waals surface area contributed by atoms with Crippen LogP contribution in [0.25, 0.3) is 0 Å². The molecule has 0 fully saturated rings. The van der Waals surface area contributed by atoms with Gasteiger partial charge in [0.15, 0.2) is 0 Å². The molecule has 0 aliphatic heterocycles. The van der Waals surface area contributed by atoms with Crippen LogP contribution in [-0.2, 0) is 0 Å². The van der Waals surface area contributed by atoms with Crippen molar-refractivity contribution in [3.05, 3.63) is 0 Å². The molecule has 0 radical (unpaired) electrons. The van der Waals surface area contributed by atoms with Crippen molar-refractivity contribution in [1.82, 2.24) is 9.80 Å². The Hall–Kier alpha value is 0.270. The van der Waals surface area contributed by atoms with Gasteiger partial charge in [0, 0.05) is 18.6 Å². The van der Waals surface area contributed by atoms with Crippen LogP contribution >= 0.6 is 12.6 Å². The molecule has 0 bridgehead atoms. The molecule has 0 amide bonds. The van der Waals surface area contributed by atoms with Crippen LogP contribution in [-0.4, -0.2) is 47.4 Å². The summed E-state index contributed by atoms with van der Waals surface area (Å²) in [6, 6.07) is 0. The lowest BCUT2D eigenvalue weighted by Crippen LogP contribution is -2.45. The molecule has 3 heteroatoms. The molecule has 0 spiro atoms. The Morgan fingerprint density at radius 1 is 0.857 bits per heavy atom. The van der Waals surface area contributed by atoms with Crippen molar-refractivity contribution in [2.45, 2.75) is 45.0 Å². The van der Waals surface area contributed by atoms with Gasteiger partial charge in [-0.25, -0.2) is 0 Å². The average molecular weight is 218 g/mol. The molecular weight excluding hydrogens is 192 g/mol. The Morgan fingerprint density at radius 3 is 1.50 bits per heavy atom. The van der Waals surface area contributed by atoms with Gasteiger partial charge >= 0.3 is 0 Å². The van der Waals surface area contributed by atoms with Crippen molar-refractivity contribution in [1.29, 1.82) is 0 Å². The number of likely N-dealkylation sites (N-methyl/N-ethyl adjacent to an activating group) is 2. The third kappa shape index (κ3) is 5.23. The molecule has 0 atom stereocenters. The van der Waals surface area contributed by atoms with E-state index in [1.165, 1.54) is 0 Å². The lowest BCUT2D eigenvalue weighted by molar-refractivity contribution is 0.139. The fourth-order valence-electron chi connectivity index (χ4n) is 0.909. The maximum Gasteiger partial charge on any atom is 0.0581 e. The van der Waals surface area contributed by atoms with E-state index < -0.39 is 0 Å². The Bertz CT molecular complexity index is 147. The first-order chi connectivity index (χ1) is 6.05. The van der Waals surface area contributed by atoms with E-state index in [1.54, 1.807) is 0 Å². The quantitative estimate of drug-likeness (QED) is 0.571. The zero-order chi connectivity index (χ0) is 11.6. The van der Waals surface area contributed by atoms with Crippen LogP contribution in [0, 0.1) is 0 Å². The van der Waals surface area contributed by atoms with E-state index in [-0.39, 0.29) is 10.4 Å². The molecule has 0 aromatic carbocycles. The zero-order valence-corrected chi connectivity index (χ0v) is 11.7. The second-order valence-electron chi connectivity index (χ2n) is 5.51. The Labute approximate surface area is 95.1 Å². The van der Waals surface area contributed by atoms with Crippen molar-refractivity contribution >= 4 is 12.6 Å².